The molecule has 1 atom stereocenters. The summed E-state index contributed by atoms with van der Waals surface area (Å²) in [4.78, 5) is 11.3. The Kier molecular flexibility index (Phi) is 8.21. The molecule has 0 radical (unpaired) electrons. The standard InChI is InChI=1S/C12H26N2O2/c1-9(2)7-11(8-15)13-6-5-12(16)14-10(3)4/h9-11,13,15H,5-8H2,1-4H3,(H,14,16). The van der Waals surface area contributed by atoms with E-state index >= 15 is 0 Å². The van der Waals surface area contributed by atoms with Crippen molar-refractivity contribution in [3.63, 3.8) is 0 Å². The lowest BCUT2D eigenvalue weighted by atomic mass is 10.0. The Bertz CT molecular complexity index is 193. The fourth-order valence-electron chi connectivity index (χ4n) is 1.58. The maximum absolute atomic E-state index is 11.3. The number of carbonyl (C=O) groups is 1. The number of hydrogen-bond acceptors (Lipinski definition) is 3. The van der Waals surface area contributed by atoms with Crippen LogP contribution < -0.4 is 10.6 Å². The first kappa shape index (κ1) is 15.4. The van der Waals surface area contributed by atoms with Crippen LogP contribution >= 0.6 is 0 Å². The highest BCUT2D eigenvalue weighted by Gasteiger charge is 2.09. The highest BCUT2D eigenvalue weighted by atomic mass is 16.3. The molecule has 0 aromatic carbocycles. The Labute approximate surface area is 98.8 Å². The zero-order valence-corrected chi connectivity index (χ0v) is 10.9. The van der Waals surface area contributed by atoms with Gasteiger partial charge in [0.05, 0.1) is 6.61 Å². The highest BCUT2D eigenvalue weighted by Crippen LogP contribution is 2.03. The second-order valence-electron chi connectivity index (χ2n) is 4.94. The summed E-state index contributed by atoms with van der Waals surface area (Å²) in [6.07, 6.45) is 1.40. The molecule has 0 spiro atoms. The quantitative estimate of drug-likeness (QED) is 0.580. The number of nitrogens with one attached hydrogen (secondary N) is 2. The van der Waals surface area contributed by atoms with Crippen molar-refractivity contribution in [2.45, 2.75) is 52.6 Å². The minimum absolute atomic E-state index is 0.0590. The number of carbonyl (C=O) groups excluding carboxylic acids is 1. The lowest BCUT2D eigenvalue weighted by Gasteiger charge is -2.18. The van der Waals surface area contributed by atoms with Crippen molar-refractivity contribution < 1.29 is 9.90 Å². The average molecular weight is 230 g/mol. The fourth-order valence-corrected chi connectivity index (χ4v) is 1.58. The average Bonchev–Trinajstić information content (AvgIpc) is 2.14. The Morgan fingerprint density at radius 3 is 2.31 bits per heavy atom. The van der Waals surface area contributed by atoms with E-state index in [2.05, 4.69) is 24.5 Å². The van der Waals surface area contributed by atoms with Crippen LogP contribution in [-0.2, 0) is 4.79 Å². The van der Waals surface area contributed by atoms with Crippen LogP contribution in [0, 0.1) is 5.92 Å². The molecule has 0 aliphatic carbocycles. The predicted octanol–water partition coefficient (Wildman–Crippen LogP) is 0.898. The molecule has 1 amide bonds. The number of rotatable bonds is 8. The van der Waals surface area contributed by atoms with Gasteiger partial charge in [-0.25, -0.2) is 0 Å². The van der Waals surface area contributed by atoms with Gasteiger partial charge in [0.2, 0.25) is 5.91 Å². The predicted molar refractivity (Wildman–Crippen MR) is 66.2 cm³/mol. The van der Waals surface area contributed by atoms with E-state index in [0.29, 0.717) is 18.9 Å². The molecule has 4 nitrogen and oxygen atoms in total. The van der Waals surface area contributed by atoms with Crippen molar-refractivity contribution in [3.8, 4) is 0 Å². The van der Waals surface area contributed by atoms with E-state index < -0.39 is 0 Å². The third kappa shape index (κ3) is 8.68. The second kappa shape index (κ2) is 8.53. The van der Waals surface area contributed by atoms with Crippen LogP contribution in [-0.4, -0.2) is 36.2 Å². The van der Waals surface area contributed by atoms with Crippen molar-refractivity contribution in [2.24, 2.45) is 5.92 Å². The van der Waals surface area contributed by atoms with E-state index in [1.54, 1.807) is 0 Å². The molecule has 16 heavy (non-hydrogen) atoms. The maximum atomic E-state index is 11.3. The van der Waals surface area contributed by atoms with Gasteiger partial charge in [-0.1, -0.05) is 13.8 Å². The first-order chi connectivity index (χ1) is 7.45. The van der Waals surface area contributed by atoms with Crippen LogP contribution in [0.2, 0.25) is 0 Å². The molecule has 3 N–H and O–H groups in total. The lowest BCUT2D eigenvalue weighted by molar-refractivity contribution is -0.121. The molecular weight excluding hydrogens is 204 g/mol. The molecule has 0 aliphatic rings. The van der Waals surface area contributed by atoms with E-state index in [4.69, 9.17) is 5.11 Å². The van der Waals surface area contributed by atoms with Gasteiger partial charge in [0.15, 0.2) is 0 Å². The van der Waals surface area contributed by atoms with Gasteiger partial charge in [-0.15, -0.1) is 0 Å². The van der Waals surface area contributed by atoms with Crippen LogP contribution in [0.4, 0.5) is 0 Å². The van der Waals surface area contributed by atoms with E-state index in [1.165, 1.54) is 0 Å². The van der Waals surface area contributed by atoms with Gasteiger partial charge >= 0.3 is 0 Å². The first-order valence-electron chi connectivity index (χ1n) is 6.09. The molecule has 0 fully saturated rings. The van der Waals surface area contributed by atoms with E-state index in [9.17, 15) is 4.79 Å². The minimum atomic E-state index is 0.0590. The van der Waals surface area contributed by atoms with Gasteiger partial charge in [0.25, 0.3) is 0 Å². The van der Waals surface area contributed by atoms with E-state index in [-0.39, 0.29) is 24.6 Å². The molecule has 0 aromatic heterocycles. The van der Waals surface area contributed by atoms with Crippen LogP contribution in [0.25, 0.3) is 0 Å². The zero-order valence-electron chi connectivity index (χ0n) is 10.9. The molecule has 0 aliphatic heterocycles. The van der Waals surface area contributed by atoms with Crippen molar-refractivity contribution in [2.75, 3.05) is 13.2 Å². The molecule has 0 saturated heterocycles. The molecule has 4 heteroatoms. The third-order valence-electron chi connectivity index (χ3n) is 2.21. The summed E-state index contributed by atoms with van der Waals surface area (Å²) >= 11 is 0. The van der Waals surface area contributed by atoms with Crippen molar-refractivity contribution in [1.82, 2.24) is 10.6 Å². The van der Waals surface area contributed by atoms with Gasteiger partial charge in [-0.2, -0.15) is 0 Å². The molecule has 0 bridgehead atoms. The van der Waals surface area contributed by atoms with Crippen molar-refractivity contribution >= 4 is 5.91 Å². The summed E-state index contributed by atoms with van der Waals surface area (Å²) in [6.45, 7) is 8.88. The second-order valence-corrected chi connectivity index (χ2v) is 4.94. The highest BCUT2D eigenvalue weighted by molar-refractivity contribution is 5.76. The van der Waals surface area contributed by atoms with Crippen LogP contribution in [0.15, 0.2) is 0 Å². The SMILES string of the molecule is CC(C)CC(CO)NCCC(=O)NC(C)C. The normalized spacial score (nSPS) is 13.2. The van der Waals surface area contributed by atoms with Crippen molar-refractivity contribution in [1.29, 1.82) is 0 Å². The first-order valence-corrected chi connectivity index (χ1v) is 6.09. The number of aliphatic hydroxyl groups is 1. The van der Waals surface area contributed by atoms with Gasteiger partial charge in [0, 0.05) is 25.0 Å². The van der Waals surface area contributed by atoms with Crippen LogP contribution in [0.5, 0.6) is 0 Å². The smallest absolute Gasteiger partial charge is 0.221 e. The molecule has 0 aromatic rings. The van der Waals surface area contributed by atoms with Crippen LogP contribution in [0.1, 0.15) is 40.5 Å². The summed E-state index contributed by atoms with van der Waals surface area (Å²) in [5.41, 5.74) is 0. The number of aliphatic hydroxyl groups excluding tert-OH is 1. The topological polar surface area (TPSA) is 61.4 Å². The van der Waals surface area contributed by atoms with Crippen molar-refractivity contribution in [3.05, 3.63) is 0 Å². The molecule has 0 rings (SSSR count). The minimum Gasteiger partial charge on any atom is -0.395 e. The number of amides is 1. The van der Waals surface area contributed by atoms with E-state index in [0.717, 1.165) is 6.42 Å². The van der Waals surface area contributed by atoms with Gasteiger partial charge in [0.1, 0.15) is 0 Å². The molecule has 96 valence electrons. The summed E-state index contributed by atoms with van der Waals surface area (Å²) < 4.78 is 0. The third-order valence-corrected chi connectivity index (χ3v) is 2.21. The maximum Gasteiger partial charge on any atom is 0.221 e. The molecular formula is C12H26N2O2. The summed E-state index contributed by atoms with van der Waals surface area (Å²) in [5.74, 6) is 0.609. The summed E-state index contributed by atoms with van der Waals surface area (Å²) in [7, 11) is 0. The van der Waals surface area contributed by atoms with Gasteiger partial charge in [-0.05, 0) is 26.2 Å². The zero-order chi connectivity index (χ0) is 12.6. The fraction of sp³-hybridized carbons (Fsp3) is 0.917. The Balaban J connectivity index is 3.65. The molecule has 0 saturated carbocycles. The monoisotopic (exact) mass is 230 g/mol. The van der Waals surface area contributed by atoms with Gasteiger partial charge < -0.3 is 15.7 Å². The van der Waals surface area contributed by atoms with Crippen LogP contribution in [0.3, 0.4) is 0 Å². The Morgan fingerprint density at radius 1 is 1.25 bits per heavy atom. The number of hydrogen-bond donors (Lipinski definition) is 3. The van der Waals surface area contributed by atoms with E-state index in [1.807, 2.05) is 13.8 Å². The largest absolute Gasteiger partial charge is 0.395 e. The molecule has 1 unspecified atom stereocenters. The Morgan fingerprint density at radius 2 is 1.88 bits per heavy atom. The van der Waals surface area contributed by atoms with Gasteiger partial charge in [-0.3, -0.25) is 4.79 Å². The summed E-state index contributed by atoms with van der Waals surface area (Å²) in [5, 5.41) is 15.2. The Hall–Kier alpha value is -0.610. The summed E-state index contributed by atoms with van der Waals surface area (Å²) in [6, 6.07) is 0.295. The molecule has 0 heterocycles. The lowest BCUT2D eigenvalue weighted by Crippen LogP contribution is -2.38.